The number of hydrogen-bond donors (Lipinski definition) is 1. The molecule has 0 radical (unpaired) electrons. The number of rotatable bonds is 5. The standard InChI is InChI=1S/C17H18Cl2N2O3S/c1-11-5-4-6-12(2)17(11)21(25(3,23)24)10-16(22)20-13-7-8-14(18)15(19)9-13/h4-9H,10H2,1-3H3,(H,20,22). The van der Waals surface area contributed by atoms with Crippen LogP contribution in [0.25, 0.3) is 0 Å². The van der Waals surface area contributed by atoms with E-state index in [2.05, 4.69) is 5.32 Å². The Labute approximate surface area is 157 Å². The van der Waals surface area contributed by atoms with Gasteiger partial charge in [-0.05, 0) is 43.2 Å². The van der Waals surface area contributed by atoms with E-state index in [1.165, 1.54) is 6.07 Å². The molecule has 0 bridgehead atoms. The van der Waals surface area contributed by atoms with E-state index in [1.807, 2.05) is 6.07 Å². The Morgan fingerprint density at radius 3 is 2.20 bits per heavy atom. The van der Waals surface area contributed by atoms with Crippen molar-refractivity contribution in [3.8, 4) is 0 Å². The second-order valence-corrected chi connectivity index (χ2v) is 8.41. The Morgan fingerprint density at radius 2 is 1.68 bits per heavy atom. The predicted octanol–water partition coefficient (Wildman–Crippen LogP) is 4.01. The number of halogens is 2. The minimum Gasteiger partial charge on any atom is -0.324 e. The van der Waals surface area contributed by atoms with Gasteiger partial charge in [0.05, 0.1) is 22.0 Å². The third-order valence-electron chi connectivity index (χ3n) is 3.58. The quantitative estimate of drug-likeness (QED) is 0.823. The second kappa shape index (κ2) is 7.64. The van der Waals surface area contributed by atoms with E-state index in [4.69, 9.17) is 23.2 Å². The molecular formula is C17H18Cl2N2O3S. The molecule has 0 aliphatic heterocycles. The van der Waals surface area contributed by atoms with E-state index < -0.39 is 15.9 Å². The first-order valence-corrected chi connectivity index (χ1v) is 9.99. The smallest absolute Gasteiger partial charge is 0.245 e. The average molecular weight is 401 g/mol. The number of anilines is 2. The third-order valence-corrected chi connectivity index (χ3v) is 5.43. The molecular weight excluding hydrogens is 383 g/mol. The molecule has 5 nitrogen and oxygen atoms in total. The van der Waals surface area contributed by atoms with Gasteiger partial charge in [-0.3, -0.25) is 9.10 Å². The molecule has 0 atom stereocenters. The van der Waals surface area contributed by atoms with Gasteiger partial charge in [-0.15, -0.1) is 0 Å². The molecule has 25 heavy (non-hydrogen) atoms. The summed E-state index contributed by atoms with van der Waals surface area (Å²) in [4.78, 5) is 12.4. The number of amides is 1. The molecule has 0 saturated carbocycles. The Balaban J connectivity index is 2.29. The Kier molecular flexibility index (Phi) is 5.98. The first kappa shape index (κ1) is 19.6. The van der Waals surface area contributed by atoms with E-state index in [0.717, 1.165) is 21.7 Å². The lowest BCUT2D eigenvalue weighted by Gasteiger charge is -2.25. The summed E-state index contributed by atoms with van der Waals surface area (Å²) in [5.41, 5.74) is 2.49. The molecule has 0 aromatic heterocycles. The molecule has 8 heteroatoms. The zero-order valence-corrected chi connectivity index (χ0v) is 16.3. The van der Waals surface area contributed by atoms with Crippen molar-refractivity contribution in [3.05, 3.63) is 57.6 Å². The zero-order chi connectivity index (χ0) is 18.8. The van der Waals surface area contributed by atoms with Crippen molar-refractivity contribution in [2.75, 3.05) is 22.4 Å². The Morgan fingerprint density at radius 1 is 1.08 bits per heavy atom. The molecule has 2 aromatic carbocycles. The third kappa shape index (κ3) is 4.87. The summed E-state index contributed by atoms with van der Waals surface area (Å²) in [7, 11) is -3.64. The van der Waals surface area contributed by atoms with Crippen molar-refractivity contribution in [3.63, 3.8) is 0 Å². The molecule has 2 rings (SSSR count). The minimum atomic E-state index is -3.64. The van der Waals surface area contributed by atoms with Gasteiger partial charge in [0.2, 0.25) is 15.9 Å². The van der Waals surface area contributed by atoms with Gasteiger partial charge in [0.25, 0.3) is 0 Å². The maximum Gasteiger partial charge on any atom is 0.245 e. The predicted molar refractivity (Wildman–Crippen MR) is 103 cm³/mol. The fourth-order valence-corrected chi connectivity index (χ4v) is 3.74. The highest BCUT2D eigenvalue weighted by Gasteiger charge is 2.23. The van der Waals surface area contributed by atoms with E-state index in [1.54, 1.807) is 38.1 Å². The fraction of sp³-hybridized carbons (Fsp3) is 0.235. The summed E-state index contributed by atoms with van der Waals surface area (Å²) >= 11 is 11.8. The molecule has 0 fully saturated rings. The maximum absolute atomic E-state index is 12.4. The molecule has 1 amide bonds. The van der Waals surface area contributed by atoms with E-state index in [0.29, 0.717) is 21.4 Å². The van der Waals surface area contributed by atoms with Gasteiger partial charge in [0.1, 0.15) is 6.54 Å². The lowest BCUT2D eigenvalue weighted by atomic mass is 10.1. The maximum atomic E-state index is 12.4. The van der Waals surface area contributed by atoms with Crippen molar-refractivity contribution in [2.24, 2.45) is 0 Å². The van der Waals surface area contributed by atoms with E-state index in [-0.39, 0.29) is 6.54 Å². The Hall–Kier alpha value is -1.76. The minimum absolute atomic E-state index is 0.300. The van der Waals surface area contributed by atoms with Crippen molar-refractivity contribution >= 4 is 50.5 Å². The normalized spacial score (nSPS) is 11.2. The second-order valence-electron chi connectivity index (χ2n) is 5.69. The molecule has 0 aliphatic carbocycles. The molecule has 0 saturated heterocycles. The van der Waals surface area contributed by atoms with Gasteiger partial charge in [-0.1, -0.05) is 41.4 Å². The van der Waals surface area contributed by atoms with Gasteiger partial charge in [0, 0.05) is 5.69 Å². The van der Waals surface area contributed by atoms with Crippen LogP contribution in [0.1, 0.15) is 11.1 Å². The summed E-state index contributed by atoms with van der Waals surface area (Å²) < 4.78 is 25.6. The van der Waals surface area contributed by atoms with Crippen LogP contribution in [-0.2, 0) is 14.8 Å². The van der Waals surface area contributed by atoms with Crippen LogP contribution in [-0.4, -0.2) is 27.1 Å². The van der Waals surface area contributed by atoms with Crippen LogP contribution in [0.4, 0.5) is 11.4 Å². The largest absolute Gasteiger partial charge is 0.324 e. The lowest BCUT2D eigenvalue weighted by molar-refractivity contribution is -0.114. The molecule has 134 valence electrons. The number of nitrogens with zero attached hydrogens (tertiary/aromatic N) is 1. The van der Waals surface area contributed by atoms with Crippen LogP contribution < -0.4 is 9.62 Å². The van der Waals surface area contributed by atoms with Crippen molar-refractivity contribution in [1.29, 1.82) is 0 Å². The number of nitrogens with one attached hydrogen (secondary N) is 1. The molecule has 2 aromatic rings. The van der Waals surface area contributed by atoms with Crippen molar-refractivity contribution < 1.29 is 13.2 Å². The summed E-state index contributed by atoms with van der Waals surface area (Å²) in [6.45, 7) is 3.26. The number of benzene rings is 2. The fourth-order valence-electron chi connectivity index (χ4n) is 2.47. The van der Waals surface area contributed by atoms with Crippen LogP contribution in [0.15, 0.2) is 36.4 Å². The van der Waals surface area contributed by atoms with Crippen LogP contribution in [0.3, 0.4) is 0 Å². The summed E-state index contributed by atoms with van der Waals surface area (Å²) in [5.74, 6) is -0.480. The highest BCUT2D eigenvalue weighted by Crippen LogP contribution is 2.27. The van der Waals surface area contributed by atoms with Gasteiger partial charge >= 0.3 is 0 Å². The SMILES string of the molecule is Cc1cccc(C)c1N(CC(=O)Nc1ccc(Cl)c(Cl)c1)S(C)(=O)=O. The van der Waals surface area contributed by atoms with Gasteiger partial charge in [0.15, 0.2) is 0 Å². The van der Waals surface area contributed by atoms with Gasteiger partial charge in [-0.25, -0.2) is 8.42 Å². The monoisotopic (exact) mass is 400 g/mol. The molecule has 0 aliphatic rings. The summed E-state index contributed by atoms with van der Waals surface area (Å²) in [6, 6.07) is 10.1. The number of para-hydroxylation sites is 1. The summed E-state index contributed by atoms with van der Waals surface area (Å²) in [6.07, 6.45) is 1.07. The molecule has 1 N–H and O–H groups in total. The van der Waals surface area contributed by atoms with Gasteiger partial charge < -0.3 is 5.32 Å². The number of sulfonamides is 1. The van der Waals surface area contributed by atoms with E-state index in [9.17, 15) is 13.2 Å². The summed E-state index contributed by atoms with van der Waals surface area (Å²) in [5, 5.41) is 3.30. The highest BCUT2D eigenvalue weighted by atomic mass is 35.5. The lowest BCUT2D eigenvalue weighted by Crippen LogP contribution is -2.38. The molecule has 0 spiro atoms. The Bertz CT molecular complexity index is 894. The average Bonchev–Trinajstić information content (AvgIpc) is 2.49. The number of aryl methyl sites for hydroxylation is 2. The first-order chi connectivity index (χ1) is 11.6. The van der Waals surface area contributed by atoms with Crippen molar-refractivity contribution in [1.82, 2.24) is 0 Å². The highest BCUT2D eigenvalue weighted by molar-refractivity contribution is 7.92. The molecule has 0 heterocycles. The number of carbonyl (C=O) groups is 1. The van der Waals surface area contributed by atoms with Crippen molar-refractivity contribution in [2.45, 2.75) is 13.8 Å². The first-order valence-electron chi connectivity index (χ1n) is 7.38. The zero-order valence-electron chi connectivity index (χ0n) is 14.0. The number of carbonyl (C=O) groups excluding carboxylic acids is 1. The van der Waals surface area contributed by atoms with Crippen LogP contribution in [0.2, 0.25) is 10.0 Å². The van der Waals surface area contributed by atoms with Gasteiger partial charge in [-0.2, -0.15) is 0 Å². The molecule has 0 unspecified atom stereocenters. The number of hydrogen-bond acceptors (Lipinski definition) is 3. The topological polar surface area (TPSA) is 66.5 Å². The van der Waals surface area contributed by atoms with Crippen LogP contribution >= 0.6 is 23.2 Å². The van der Waals surface area contributed by atoms with E-state index >= 15 is 0 Å². The van der Waals surface area contributed by atoms with Crippen LogP contribution in [0.5, 0.6) is 0 Å². The van der Waals surface area contributed by atoms with Crippen LogP contribution in [0, 0.1) is 13.8 Å².